The van der Waals surface area contributed by atoms with Gasteiger partial charge in [-0.3, -0.25) is 4.79 Å². The van der Waals surface area contributed by atoms with Crippen LogP contribution in [0.25, 0.3) is 0 Å². The van der Waals surface area contributed by atoms with Crippen LogP contribution in [-0.2, 0) is 4.79 Å². The summed E-state index contributed by atoms with van der Waals surface area (Å²) >= 11 is 0. The molecule has 1 aromatic rings. The van der Waals surface area contributed by atoms with Crippen LogP contribution in [0.2, 0.25) is 0 Å². The van der Waals surface area contributed by atoms with Crippen molar-refractivity contribution in [3.05, 3.63) is 24.3 Å². The minimum Gasteiger partial charge on any atom is -0.478 e. The second-order valence-corrected chi connectivity index (χ2v) is 3.77. The lowest BCUT2D eigenvalue weighted by molar-refractivity contribution is -0.125. The number of rotatable bonds is 1. The van der Waals surface area contributed by atoms with E-state index in [0.29, 0.717) is 0 Å². The molecule has 3 nitrogen and oxygen atoms in total. The Hall–Kier alpha value is -1.51. The molecule has 0 spiro atoms. The highest BCUT2D eigenvalue weighted by Gasteiger charge is 2.29. The van der Waals surface area contributed by atoms with E-state index in [0.717, 1.165) is 11.4 Å². The zero-order chi connectivity index (χ0) is 10.1. The van der Waals surface area contributed by atoms with E-state index in [9.17, 15) is 4.79 Å². The first-order chi connectivity index (χ1) is 6.68. The Balaban J connectivity index is 2.31. The lowest BCUT2D eigenvalue weighted by atomic mass is 10.0. The summed E-state index contributed by atoms with van der Waals surface area (Å²) in [6.45, 7) is 3.94. The Morgan fingerprint density at radius 1 is 1.36 bits per heavy atom. The Bertz CT molecular complexity index is 360. The summed E-state index contributed by atoms with van der Waals surface area (Å²) in [4.78, 5) is 11.6. The standard InChI is InChI=1S/C11H13NO2/c1-7(2)10-11(13)12-8-5-3-4-6-9(8)14-10/h3-7,10H,1-2H3,(H,12,13). The van der Waals surface area contributed by atoms with Gasteiger partial charge in [0.2, 0.25) is 0 Å². The highest BCUT2D eigenvalue weighted by atomic mass is 16.5. The van der Waals surface area contributed by atoms with Gasteiger partial charge in [0.15, 0.2) is 6.10 Å². The number of anilines is 1. The fourth-order valence-electron chi connectivity index (χ4n) is 1.51. The topological polar surface area (TPSA) is 38.3 Å². The Morgan fingerprint density at radius 3 is 2.79 bits per heavy atom. The van der Waals surface area contributed by atoms with Crippen LogP contribution in [0.4, 0.5) is 5.69 Å². The molecule has 0 saturated carbocycles. The van der Waals surface area contributed by atoms with Crippen LogP contribution in [0.5, 0.6) is 5.75 Å². The van der Waals surface area contributed by atoms with Crippen LogP contribution in [0, 0.1) is 5.92 Å². The molecule has 0 radical (unpaired) electrons. The predicted molar refractivity (Wildman–Crippen MR) is 54.3 cm³/mol. The van der Waals surface area contributed by atoms with Crippen molar-refractivity contribution in [3.8, 4) is 5.75 Å². The quantitative estimate of drug-likeness (QED) is 0.737. The lowest BCUT2D eigenvalue weighted by Crippen LogP contribution is -2.40. The van der Waals surface area contributed by atoms with Crippen molar-refractivity contribution in [1.82, 2.24) is 0 Å². The van der Waals surface area contributed by atoms with Gasteiger partial charge in [-0.25, -0.2) is 0 Å². The molecule has 1 N–H and O–H groups in total. The first kappa shape index (κ1) is 9.06. The highest BCUT2D eigenvalue weighted by molar-refractivity contribution is 5.97. The molecular formula is C11H13NO2. The van der Waals surface area contributed by atoms with Crippen LogP contribution in [-0.4, -0.2) is 12.0 Å². The van der Waals surface area contributed by atoms with Crippen molar-refractivity contribution in [2.24, 2.45) is 5.92 Å². The number of carbonyl (C=O) groups excluding carboxylic acids is 1. The molecule has 1 amide bonds. The van der Waals surface area contributed by atoms with Crippen LogP contribution in [0.15, 0.2) is 24.3 Å². The molecule has 74 valence electrons. The summed E-state index contributed by atoms with van der Waals surface area (Å²) in [5, 5.41) is 2.83. The van der Waals surface area contributed by atoms with E-state index >= 15 is 0 Å². The Labute approximate surface area is 83.1 Å². The molecule has 1 aliphatic heterocycles. The maximum Gasteiger partial charge on any atom is 0.265 e. The number of benzene rings is 1. The number of hydrogen-bond donors (Lipinski definition) is 1. The molecule has 1 aromatic carbocycles. The van der Waals surface area contributed by atoms with Crippen LogP contribution >= 0.6 is 0 Å². The van der Waals surface area contributed by atoms with Crippen LogP contribution in [0.3, 0.4) is 0 Å². The van der Waals surface area contributed by atoms with E-state index in [1.54, 1.807) is 0 Å². The van der Waals surface area contributed by atoms with E-state index in [4.69, 9.17) is 4.74 Å². The summed E-state index contributed by atoms with van der Waals surface area (Å²) in [6, 6.07) is 7.47. The zero-order valence-electron chi connectivity index (χ0n) is 8.28. The summed E-state index contributed by atoms with van der Waals surface area (Å²) < 4.78 is 5.59. The van der Waals surface area contributed by atoms with E-state index < -0.39 is 0 Å². The molecule has 0 saturated heterocycles. The SMILES string of the molecule is CC(C)C1Oc2ccccc2NC1=O. The zero-order valence-corrected chi connectivity index (χ0v) is 8.28. The average molecular weight is 191 g/mol. The van der Waals surface area contributed by atoms with E-state index in [2.05, 4.69) is 5.32 Å². The number of nitrogens with one attached hydrogen (secondary N) is 1. The second-order valence-electron chi connectivity index (χ2n) is 3.77. The Kier molecular flexibility index (Phi) is 2.15. The van der Waals surface area contributed by atoms with Gasteiger partial charge in [0.25, 0.3) is 5.91 Å². The van der Waals surface area contributed by atoms with Gasteiger partial charge in [0.05, 0.1) is 5.69 Å². The third-order valence-corrected chi connectivity index (χ3v) is 2.26. The smallest absolute Gasteiger partial charge is 0.265 e. The van der Waals surface area contributed by atoms with Crippen molar-refractivity contribution < 1.29 is 9.53 Å². The molecule has 1 heterocycles. The molecule has 0 fully saturated rings. The van der Waals surface area contributed by atoms with E-state index in [1.807, 2.05) is 38.1 Å². The number of ether oxygens (including phenoxy) is 1. The summed E-state index contributed by atoms with van der Waals surface area (Å²) in [5.41, 5.74) is 0.759. The monoisotopic (exact) mass is 191 g/mol. The molecule has 0 aromatic heterocycles. The first-order valence-electron chi connectivity index (χ1n) is 4.75. The third-order valence-electron chi connectivity index (χ3n) is 2.26. The largest absolute Gasteiger partial charge is 0.478 e. The van der Waals surface area contributed by atoms with Crippen molar-refractivity contribution in [3.63, 3.8) is 0 Å². The van der Waals surface area contributed by atoms with Crippen molar-refractivity contribution in [2.75, 3.05) is 5.32 Å². The maximum absolute atomic E-state index is 11.6. The Morgan fingerprint density at radius 2 is 2.07 bits per heavy atom. The van der Waals surface area contributed by atoms with Gasteiger partial charge in [-0.15, -0.1) is 0 Å². The van der Waals surface area contributed by atoms with Crippen LogP contribution in [0.1, 0.15) is 13.8 Å². The maximum atomic E-state index is 11.6. The highest BCUT2D eigenvalue weighted by Crippen LogP contribution is 2.30. The molecule has 0 aliphatic carbocycles. The molecule has 1 unspecified atom stereocenters. The van der Waals surface area contributed by atoms with Gasteiger partial charge in [-0.1, -0.05) is 26.0 Å². The summed E-state index contributed by atoms with van der Waals surface area (Å²) in [7, 11) is 0. The number of carbonyl (C=O) groups is 1. The predicted octanol–water partition coefficient (Wildman–Crippen LogP) is 2.04. The molecule has 1 aliphatic rings. The molecule has 14 heavy (non-hydrogen) atoms. The van der Waals surface area contributed by atoms with Crippen LogP contribution < -0.4 is 10.1 Å². The fraction of sp³-hybridized carbons (Fsp3) is 0.364. The van der Waals surface area contributed by atoms with Gasteiger partial charge in [0.1, 0.15) is 5.75 Å². The number of hydrogen-bond acceptors (Lipinski definition) is 2. The number of fused-ring (bicyclic) bond motifs is 1. The number of para-hydroxylation sites is 2. The van der Waals surface area contributed by atoms with Gasteiger partial charge in [0, 0.05) is 0 Å². The first-order valence-corrected chi connectivity index (χ1v) is 4.75. The van der Waals surface area contributed by atoms with Crippen molar-refractivity contribution >= 4 is 11.6 Å². The normalized spacial score (nSPS) is 19.9. The average Bonchev–Trinajstić information content (AvgIpc) is 2.16. The molecule has 1 atom stereocenters. The van der Waals surface area contributed by atoms with Gasteiger partial charge < -0.3 is 10.1 Å². The minimum absolute atomic E-state index is 0.0568. The minimum atomic E-state index is -0.370. The van der Waals surface area contributed by atoms with Crippen molar-refractivity contribution in [1.29, 1.82) is 0 Å². The third kappa shape index (κ3) is 1.45. The van der Waals surface area contributed by atoms with Gasteiger partial charge in [-0.2, -0.15) is 0 Å². The fourth-order valence-corrected chi connectivity index (χ4v) is 1.51. The van der Waals surface area contributed by atoms with Crippen molar-refractivity contribution in [2.45, 2.75) is 20.0 Å². The second kappa shape index (κ2) is 3.33. The van der Waals surface area contributed by atoms with Gasteiger partial charge in [-0.05, 0) is 18.1 Å². The summed E-state index contributed by atoms with van der Waals surface area (Å²) in [6.07, 6.45) is -0.370. The number of amides is 1. The van der Waals surface area contributed by atoms with E-state index in [-0.39, 0.29) is 17.9 Å². The summed E-state index contributed by atoms with van der Waals surface area (Å²) in [5.74, 6) is 0.882. The van der Waals surface area contributed by atoms with Gasteiger partial charge >= 0.3 is 0 Å². The molecule has 0 bridgehead atoms. The molecule has 2 rings (SSSR count). The van der Waals surface area contributed by atoms with E-state index in [1.165, 1.54) is 0 Å². The molecular weight excluding hydrogens is 178 g/mol. The molecule has 3 heteroatoms. The lowest BCUT2D eigenvalue weighted by Gasteiger charge is -2.27.